The summed E-state index contributed by atoms with van der Waals surface area (Å²) in [6, 6.07) is 21.9. The molecule has 2 nitrogen and oxygen atoms in total. The van der Waals surface area contributed by atoms with Gasteiger partial charge >= 0.3 is 0 Å². The summed E-state index contributed by atoms with van der Waals surface area (Å²) < 4.78 is 0. The number of rotatable bonds is 4. The van der Waals surface area contributed by atoms with Crippen molar-refractivity contribution in [2.75, 3.05) is 7.05 Å². The highest BCUT2D eigenvalue weighted by Crippen LogP contribution is 2.29. The van der Waals surface area contributed by atoms with Gasteiger partial charge in [0.25, 0.3) is 0 Å². The molecule has 0 saturated heterocycles. The number of hydrogen-bond donors (Lipinski definition) is 1. The summed E-state index contributed by atoms with van der Waals surface area (Å²) in [6.45, 7) is 2.34. The molecule has 0 radical (unpaired) electrons. The van der Waals surface area contributed by atoms with Crippen molar-refractivity contribution in [2.45, 2.75) is 44.7 Å². The van der Waals surface area contributed by atoms with Crippen LogP contribution in [0.2, 0.25) is 0 Å². The molecule has 2 aromatic carbocycles. The Labute approximate surface area is 157 Å². The van der Waals surface area contributed by atoms with E-state index in [-0.39, 0.29) is 6.04 Å². The van der Waals surface area contributed by atoms with E-state index in [0.29, 0.717) is 12.0 Å². The fraction of sp³-hybridized carbons (Fsp3) is 0.409. The van der Waals surface area contributed by atoms with Gasteiger partial charge in [-0.15, -0.1) is 0 Å². The lowest BCUT2D eigenvalue weighted by atomic mass is 9.86. The monoisotopic (exact) mass is 352 g/mol. The first-order valence-electron chi connectivity index (χ1n) is 9.30. The molecule has 0 heterocycles. The molecule has 0 aliphatic heterocycles. The normalized spacial score (nSPS) is 20.3. The fourth-order valence-corrected chi connectivity index (χ4v) is 4.08. The summed E-state index contributed by atoms with van der Waals surface area (Å²) in [6.07, 6.45) is 5.16. The Kier molecular flexibility index (Phi) is 6.09. The maximum Gasteiger partial charge on any atom is 0.169 e. The molecule has 3 heteroatoms. The quantitative estimate of drug-likeness (QED) is 0.765. The predicted molar refractivity (Wildman–Crippen MR) is 110 cm³/mol. The van der Waals surface area contributed by atoms with E-state index in [1.54, 1.807) is 0 Å². The Morgan fingerprint density at radius 2 is 1.48 bits per heavy atom. The highest BCUT2D eigenvalue weighted by atomic mass is 32.1. The maximum absolute atomic E-state index is 5.80. The lowest BCUT2D eigenvalue weighted by Gasteiger charge is -2.36. The fourth-order valence-electron chi connectivity index (χ4n) is 3.82. The van der Waals surface area contributed by atoms with E-state index in [2.05, 4.69) is 84.9 Å². The first-order chi connectivity index (χ1) is 12.2. The molecule has 0 bridgehead atoms. The van der Waals surface area contributed by atoms with Crippen LogP contribution in [0.1, 0.15) is 49.8 Å². The summed E-state index contributed by atoms with van der Waals surface area (Å²) >= 11 is 5.80. The Morgan fingerprint density at radius 1 is 0.960 bits per heavy atom. The standard InChI is InChI=1S/C22H28N2S/c1-17-11-9-10-16-20(17)23-22(25)24(2)21(18-12-5-3-6-13-18)19-14-7-4-8-15-19/h3-8,12-15,17,20-21H,9-11,16H2,1-2H3,(H,23,25). The molecular weight excluding hydrogens is 324 g/mol. The van der Waals surface area contributed by atoms with Gasteiger partial charge < -0.3 is 10.2 Å². The molecule has 1 aliphatic carbocycles. The van der Waals surface area contributed by atoms with Gasteiger partial charge in [-0.3, -0.25) is 0 Å². The third-order valence-electron chi connectivity index (χ3n) is 5.36. The molecule has 2 unspecified atom stereocenters. The van der Waals surface area contributed by atoms with Crippen LogP contribution in [0.5, 0.6) is 0 Å². The van der Waals surface area contributed by atoms with E-state index in [1.807, 2.05) is 0 Å². The zero-order valence-electron chi connectivity index (χ0n) is 15.2. The van der Waals surface area contributed by atoms with Gasteiger partial charge in [0, 0.05) is 13.1 Å². The minimum Gasteiger partial charge on any atom is -0.360 e. The van der Waals surface area contributed by atoms with Crippen LogP contribution in [0.4, 0.5) is 0 Å². The van der Waals surface area contributed by atoms with Crippen LogP contribution in [0.3, 0.4) is 0 Å². The highest BCUT2D eigenvalue weighted by molar-refractivity contribution is 7.80. The van der Waals surface area contributed by atoms with E-state index < -0.39 is 0 Å². The minimum absolute atomic E-state index is 0.126. The summed E-state index contributed by atoms with van der Waals surface area (Å²) in [5.41, 5.74) is 2.52. The van der Waals surface area contributed by atoms with E-state index in [0.717, 1.165) is 5.11 Å². The zero-order valence-corrected chi connectivity index (χ0v) is 16.0. The first-order valence-corrected chi connectivity index (χ1v) is 9.71. The van der Waals surface area contributed by atoms with Crippen molar-refractivity contribution in [3.05, 3.63) is 71.8 Å². The van der Waals surface area contributed by atoms with Crippen molar-refractivity contribution >= 4 is 17.3 Å². The zero-order chi connectivity index (χ0) is 17.6. The van der Waals surface area contributed by atoms with Crippen LogP contribution in [0.25, 0.3) is 0 Å². The van der Waals surface area contributed by atoms with E-state index in [1.165, 1.54) is 36.8 Å². The molecule has 132 valence electrons. The number of thiocarbonyl (C=S) groups is 1. The second-order valence-corrected chi connectivity index (χ2v) is 7.54. The maximum atomic E-state index is 5.80. The van der Waals surface area contributed by atoms with E-state index in [4.69, 9.17) is 12.2 Å². The average molecular weight is 353 g/mol. The van der Waals surface area contributed by atoms with Gasteiger partial charge in [0.15, 0.2) is 5.11 Å². The molecule has 2 atom stereocenters. The van der Waals surface area contributed by atoms with Crippen LogP contribution >= 0.6 is 12.2 Å². The van der Waals surface area contributed by atoms with Gasteiger partial charge in [-0.1, -0.05) is 80.4 Å². The van der Waals surface area contributed by atoms with Gasteiger partial charge in [-0.2, -0.15) is 0 Å². The number of hydrogen-bond acceptors (Lipinski definition) is 1. The molecule has 1 saturated carbocycles. The molecule has 1 aliphatic rings. The molecule has 2 aromatic rings. The van der Waals surface area contributed by atoms with Crippen LogP contribution in [-0.4, -0.2) is 23.1 Å². The minimum atomic E-state index is 0.126. The summed E-state index contributed by atoms with van der Waals surface area (Å²) in [5.74, 6) is 0.687. The molecule has 0 spiro atoms. The summed E-state index contributed by atoms with van der Waals surface area (Å²) in [5, 5.41) is 4.49. The third kappa shape index (κ3) is 4.40. The molecule has 0 aromatic heterocycles. The van der Waals surface area contributed by atoms with Crippen molar-refractivity contribution in [3.63, 3.8) is 0 Å². The molecule has 0 amide bonds. The van der Waals surface area contributed by atoms with Crippen LogP contribution in [0.15, 0.2) is 60.7 Å². The topological polar surface area (TPSA) is 15.3 Å². The number of nitrogens with zero attached hydrogens (tertiary/aromatic N) is 1. The van der Waals surface area contributed by atoms with Gasteiger partial charge in [0.2, 0.25) is 0 Å². The van der Waals surface area contributed by atoms with Crippen molar-refractivity contribution < 1.29 is 0 Å². The lowest BCUT2D eigenvalue weighted by molar-refractivity contribution is 0.297. The molecular formula is C22H28N2S. The molecule has 1 N–H and O–H groups in total. The lowest BCUT2D eigenvalue weighted by Crippen LogP contribution is -2.47. The predicted octanol–water partition coefficient (Wildman–Crippen LogP) is 5.16. The Bertz CT molecular complexity index is 631. The SMILES string of the molecule is CC1CCCCC1NC(=S)N(C)C(c1ccccc1)c1ccccc1. The Hall–Kier alpha value is -1.87. The van der Waals surface area contributed by atoms with Crippen molar-refractivity contribution in [2.24, 2.45) is 5.92 Å². The number of nitrogens with one attached hydrogen (secondary N) is 1. The summed E-state index contributed by atoms with van der Waals surface area (Å²) in [7, 11) is 2.10. The third-order valence-corrected chi connectivity index (χ3v) is 5.76. The van der Waals surface area contributed by atoms with E-state index in [9.17, 15) is 0 Å². The highest BCUT2D eigenvalue weighted by Gasteiger charge is 2.26. The van der Waals surface area contributed by atoms with Crippen molar-refractivity contribution in [3.8, 4) is 0 Å². The first kappa shape index (κ1) is 17.9. The Morgan fingerprint density at radius 3 is 2.00 bits per heavy atom. The van der Waals surface area contributed by atoms with Crippen LogP contribution < -0.4 is 5.32 Å². The van der Waals surface area contributed by atoms with Gasteiger partial charge in [0.1, 0.15) is 0 Å². The van der Waals surface area contributed by atoms with Gasteiger partial charge in [-0.05, 0) is 42.1 Å². The van der Waals surface area contributed by atoms with Gasteiger partial charge in [0.05, 0.1) is 6.04 Å². The largest absolute Gasteiger partial charge is 0.360 e. The second kappa shape index (κ2) is 8.48. The average Bonchev–Trinajstić information content (AvgIpc) is 2.65. The van der Waals surface area contributed by atoms with Crippen LogP contribution in [-0.2, 0) is 0 Å². The van der Waals surface area contributed by atoms with Crippen molar-refractivity contribution in [1.29, 1.82) is 0 Å². The molecule has 3 rings (SSSR count). The molecule has 1 fully saturated rings. The summed E-state index contributed by atoms with van der Waals surface area (Å²) in [4.78, 5) is 2.21. The van der Waals surface area contributed by atoms with Gasteiger partial charge in [-0.25, -0.2) is 0 Å². The van der Waals surface area contributed by atoms with E-state index >= 15 is 0 Å². The molecule has 25 heavy (non-hydrogen) atoms. The number of benzene rings is 2. The second-order valence-electron chi connectivity index (χ2n) is 7.15. The smallest absolute Gasteiger partial charge is 0.169 e. The van der Waals surface area contributed by atoms with Crippen LogP contribution in [0, 0.1) is 5.92 Å². The van der Waals surface area contributed by atoms with Crippen molar-refractivity contribution in [1.82, 2.24) is 10.2 Å². The Balaban J connectivity index is 1.81.